The van der Waals surface area contributed by atoms with Crippen LogP contribution in [0, 0.1) is 17.0 Å². The van der Waals surface area contributed by atoms with Gasteiger partial charge in [0.25, 0.3) is 11.6 Å². The Morgan fingerprint density at radius 1 is 1.32 bits per heavy atom. The fourth-order valence-corrected chi connectivity index (χ4v) is 3.67. The SMILES string of the molecule is Cc1cc(C(=O)NC2CCN3CCCCC23)ccc1[N+](=O)[O-]. The quantitative estimate of drug-likeness (QED) is 0.686. The van der Waals surface area contributed by atoms with Crippen LogP contribution in [0.1, 0.15) is 41.6 Å². The fraction of sp³-hybridized carbons (Fsp3) is 0.562. The number of carbonyl (C=O) groups excluding carboxylic acids is 1. The predicted octanol–water partition coefficient (Wildman–Crippen LogP) is 2.26. The van der Waals surface area contributed by atoms with Crippen LogP contribution in [0.25, 0.3) is 0 Å². The fourth-order valence-electron chi connectivity index (χ4n) is 3.67. The van der Waals surface area contributed by atoms with E-state index in [0.717, 1.165) is 25.9 Å². The third-order valence-electron chi connectivity index (χ3n) is 4.83. The van der Waals surface area contributed by atoms with Crippen molar-refractivity contribution in [1.82, 2.24) is 10.2 Å². The second kappa shape index (κ2) is 6.04. The molecule has 1 aromatic carbocycles. The van der Waals surface area contributed by atoms with Gasteiger partial charge in [-0.1, -0.05) is 6.42 Å². The highest BCUT2D eigenvalue weighted by Crippen LogP contribution is 2.27. The van der Waals surface area contributed by atoms with Gasteiger partial charge >= 0.3 is 0 Å². The van der Waals surface area contributed by atoms with Crippen LogP contribution in [0.5, 0.6) is 0 Å². The summed E-state index contributed by atoms with van der Waals surface area (Å²) in [6.07, 6.45) is 4.61. The van der Waals surface area contributed by atoms with Gasteiger partial charge in [0.2, 0.25) is 0 Å². The molecular formula is C16H21N3O3. The molecule has 2 saturated heterocycles. The molecule has 3 rings (SSSR count). The Morgan fingerprint density at radius 3 is 2.86 bits per heavy atom. The molecule has 0 bridgehead atoms. The van der Waals surface area contributed by atoms with Crippen LogP contribution < -0.4 is 5.32 Å². The molecule has 0 aliphatic carbocycles. The first-order chi connectivity index (χ1) is 10.6. The number of hydrogen-bond acceptors (Lipinski definition) is 4. The largest absolute Gasteiger partial charge is 0.348 e. The number of aryl methyl sites for hydroxylation is 1. The zero-order valence-corrected chi connectivity index (χ0v) is 12.7. The molecule has 0 aromatic heterocycles. The number of fused-ring (bicyclic) bond motifs is 1. The van der Waals surface area contributed by atoms with E-state index in [1.165, 1.54) is 25.0 Å². The van der Waals surface area contributed by atoms with Crippen molar-refractivity contribution in [3.05, 3.63) is 39.4 Å². The number of nitro benzene ring substituents is 1. The summed E-state index contributed by atoms with van der Waals surface area (Å²) in [5, 5.41) is 14.0. The highest BCUT2D eigenvalue weighted by Gasteiger charge is 2.36. The van der Waals surface area contributed by atoms with E-state index in [0.29, 0.717) is 17.2 Å². The van der Waals surface area contributed by atoms with Gasteiger partial charge in [-0.05, 0) is 44.9 Å². The maximum atomic E-state index is 12.4. The summed E-state index contributed by atoms with van der Waals surface area (Å²) >= 11 is 0. The summed E-state index contributed by atoms with van der Waals surface area (Å²) in [6.45, 7) is 3.84. The van der Waals surface area contributed by atoms with Crippen LogP contribution >= 0.6 is 0 Å². The normalized spacial score (nSPS) is 24.8. The second-order valence-electron chi connectivity index (χ2n) is 6.23. The van der Waals surface area contributed by atoms with Crippen LogP contribution in [-0.4, -0.2) is 40.9 Å². The summed E-state index contributed by atoms with van der Waals surface area (Å²) < 4.78 is 0. The van der Waals surface area contributed by atoms with Crippen molar-refractivity contribution in [3.8, 4) is 0 Å². The molecule has 6 heteroatoms. The van der Waals surface area contributed by atoms with E-state index in [9.17, 15) is 14.9 Å². The van der Waals surface area contributed by atoms with E-state index in [-0.39, 0.29) is 17.6 Å². The molecule has 0 spiro atoms. The molecular weight excluding hydrogens is 282 g/mol. The lowest BCUT2D eigenvalue weighted by atomic mass is 9.98. The van der Waals surface area contributed by atoms with Gasteiger partial charge in [-0.3, -0.25) is 19.8 Å². The van der Waals surface area contributed by atoms with Crippen molar-refractivity contribution in [3.63, 3.8) is 0 Å². The zero-order chi connectivity index (χ0) is 15.7. The molecule has 2 unspecified atom stereocenters. The maximum Gasteiger partial charge on any atom is 0.272 e. The van der Waals surface area contributed by atoms with Crippen LogP contribution in [0.3, 0.4) is 0 Å². The molecule has 1 N–H and O–H groups in total. The Morgan fingerprint density at radius 2 is 2.14 bits per heavy atom. The Hall–Kier alpha value is -1.95. The summed E-state index contributed by atoms with van der Waals surface area (Å²) in [4.78, 5) is 25.3. The molecule has 1 aromatic rings. The molecule has 0 saturated carbocycles. The molecule has 1 amide bonds. The number of benzene rings is 1. The van der Waals surface area contributed by atoms with E-state index in [4.69, 9.17) is 0 Å². The monoisotopic (exact) mass is 303 g/mol. The number of nitrogens with zero attached hydrogens (tertiary/aromatic N) is 2. The average Bonchev–Trinajstić information content (AvgIpc) is 2.90. The highest BCUT2D eigenvalue weighted by molar-refractivity contribution is 5.95. The van der Waals surface area contributed by atoms with Crippen molar-refractivity contribution < 1.29 is 9.72 Å². The van der Waals surface area contributed by atoms with Gasteiger partial charge < -0.3 is 5.32 Å². The smallest absolute Gasteiger partial charge is 0.272 e. The minimum absolute atomic E-state index is 0.0517. The number of amides is 1. The molecule has 6 nitrogen and oxygen atoms in total. The summed E-state index contributed by atoms with van der Waals surface area (Å²) in [5.74, 6) is -0.129. The predicted molar refractivity (Wildman–Crippen MR) is 82.9 cm³/mol. The topological polar surface area (TPSA) is 75.5 Å². The summed E-state index contributed by atoms with van der Waals surface area (Å²) in [5.41, 5.74) is 1.07. The van der Waals surface area contributed by atoms with Gasteiger partial charge in [-0.15, -0.1) is 0 Å². The van der Waals surface area contributed by atoms with Gasteiger partial charge in [0.15, 0.2) is 0 Å². The van der Waals surface area contributed by atoms with Gasteiger partial charge in [-0.2, -0.15) is 0 Å². The first-order valence-electron chi connectivity index (χ1n) is 7.86. The van der Waals surface area contributed by atoms with E-state index >= 15 is 0 Å². The third kappa shape index (κ3) is 2.83. The maximum absolute atomic E-state index is 12.4. The van der Waals surface area contributed by atoms with Crippen LogP contribution in [0.15, 0.2) is 18.2 Å². The first kappa shape index (κ1) is 15.0. The molecule has 2 aliphatic rings. The van der Waals surface area contributed by atoms with Gasteiger partial charge in [-0.25, -0.2) is 0 Å². The number of rotatable bonds is 3. The zero-order valence-electron chi connectivity index (χ0n) is 12.7. The molecule has 2 fully saturated rings. The minimum Gasteiger partial charge on any atom is -0.348 e. The van der Waals surface area contributed by atoms with Gasteiger partial charge in [0.1, 0.15) is 0 Å². The van der Waals surface area contributed by atoms with E-state index in [2.05, 4.69) is 10.2 Å². The molecule has 0 radical (unpaired) electrons. The number of carbonyl (C=O) groups is 1. The van der Waals surface area contributed by atoms with Crippen LogP contribution in [-0.2, 0) is 0 Å². The van der Waals surface area contributed by atoms with Crippen LogP contribution in [0.4, 0.5) is 5.69 Å². The highest BCUT2D eigenvalue weighted by atomic mass is 16.6. The van der Waals surface area contributed by atoms with Crippen LogP contribution in [0.2, 0.25) is 0 Å². The lowest BCUT2D eigenvalue weighted by Crippen LogP contribution is -2.46. The Labute approximate surface area is 129 Å². The summed E-state index contributed by atoms with van der Waals surface area (Å²) in [7, 11) is 0. The molecule has 22 heavy (non-hydrogen) atoms. The Kier molecular flexibility index (Phi) is 4.11. The number of nitrogens with one attached hydrogen (secondary N) is 1. The van der Waals surface area contributed by atoms with Crippen molar-refractivity contribution in [2.75, 3.05) is 13.1 Å². The molecule has 118 valence electrons. The second-order valence-corrected chi connectivity index (χ2v) is 6.23. The number of hydrogen-bond donors (Lipinski definition) is 1. The number of piperidine rings is 1. The van der Waals surface area contributed by atoms with E-state index in [1.807, 2.05) is 0 Å². The van der Waals surface area contributed by atoms with Gasteiger partial charge in [0, 0.05) is 35.8 Å². The van der Waals surface area contributed by atoms with Crippen molar-refractivity contribution in [1.29, 1.82) is 0 Å². The lowest BCUT2D eigenvalue weighted by molar-refractivity contribution is -0.385. The summed E-state index contributed by atoms with van der Waals surface area (Å²) in [6, 6.07) is 5.20. The minimum atomic E-state index is -0.423. The van der Waals surface area contributed by atoms with Crippen molar-refractivity contribution in [2.24, 2.45) is 0 Å². The first-order valence-corrected chi connectivity index (χ1v) is 7.86. The average molecular weight is 303 g/mol. The van der Waals surface area contributed by atoms with Crippen molar-refractivity contribution in [2.45, 2.75) is 44.7 Å². The van der Waals surface area contributed by atoms with Crippen molar-refractivity contribution >= 4 is 11.6 Å². The number of nitro groups is 1. The molecule has 2 atom stereocenters. The Balaban J connectivity index is 1.69. The van der Waals surface area contributed by atoms with E-state index in [1.54, 1.807) is 13.0 Å². The standard InChI is InChI=1S/C16H21N3O3/c1-11-10-12(5-6-14(11)19(21)22)16(20)17-13-7-9-18-8-3-2-4-15(13)18/h5-6,10,13,15H,2-4,7-9H2,1H3,(H,17,20). The molecule has 2 heterocycles. The Bertz CT molecular complexity index is 602. The van der Waals surface area contributed by atoms with Gasteiger partial charge in [0.05, 0.1) is 4.92 Å². The molecule has 2 aliphatic heterocycles. The lowest BCUT2D eigenvalue weighted by Gasteiger charge is -2.32. The van der Waals surface area contributed by atoms with E-state index < -0.39 is 4.92 Å². The third-order valence-corrected chi connectivity index (χ3v) is 4.83.